The second-order valence-electron chi connectivity index (χ2n) is 6.31. The molecule has 2 aromatic carbocycles. The minimum Gasteiger partial charge on any atom is -0.387 e. The number of rotatable bonds is 6. The lowest BCUT2D eigenvalue weighted by molar-refractivity contribution is -0.384. The average Bonchev–Trinajstić information content (AvgIpc) is 3.06. The number of hydrogen-bond donors (Lipinski definition) is 2. The number of amides is 2. The van der Waals surface area contributed by atoms with Crippen molar-refractivity contribution in [1.29, 1.82) is 0 Å². The first-order valence-electron chi connectivity index (χ1n) is 8.62. The predicted molar refractivity (Wildman–Crippen MR) is 102 cm³/mol. The number of anilines is 2. The highest BCUT2D eigenvalue weighted by Gasteiger charge is 2.20. The minimum absolute atomic E-state index is 0.139. The van der Waals surface area contributed by atoms with E-state index in [0.717, 1.165) is 18.5 Å². The van der Waals surface area contributed by atoms with Gasteiger partial charge in [-0.1, -0.05) is 12.1 Å². The van der Waals surface area contributed by atoms with Crippen LogP contribution in [0.2, 0.25) is 0 Å². The number of likely N-dealkylation sites (tertiary alicyclic amines) is 1. The first kappa shape index (κ1) is 18.4. The summed E-state index contributed by atoms with van der Waals surface area (Å²) in [6.07, 6.45) is 1.45. The second-order valence-corrected chi connectivity index (χ2v) is 6.31. The number of non-ortho nitro benzene ring substituents is 1. The normalized spacial score (nSPS) is 13.5. The zero-order valence-corrected chi connectivity index (χ0v) is 14.9. The van der Waals surface area contributed by atoms with E-state index in [2.05, 4.69) is 10.6 Å². The van der Waals surface area contributed by atoms with Gasteiger partial charge in [0.05, 0.1) is 10.5 Å². The summed E-state index contributed by atoms with van der Waals surface area (Å²) in [6.45, 7) is 1.25. The van der Waals surface area contributed by atoms with Gasteiger partial charge in [-0.3, -0.25) is 19.7 Å². The molecule has 140 valence electrons. The molecule has 0 radical (unpaired) electrons. The van der Waals surface area contributed by atoms with Crippen molar-refractivity contribution in [3.8, 4) is 0 Å². The Morgan fingerprint density at radius 1 is 1.26 bits per heavy atom. The van der Waals surface area contributed by atoms with Crippen LogP contribution in [-0.2, 0) is 11.3 Å². The van der Waals surface area contributed by atoms with Crippen molar-refractivity contribution in [3.05, 3.63) is 63.7 Å². The van der Waals surface area contributed by atoms with Gasteiger partial charge in [0.1, 0.15) is 0 Å². The molecule has 1 saturated heterocycles. The number of carbonyl (C=O) groups excluding carboxylic acids is 2. The summed E-state index contributed by atoms with van der Waals surface area (Å²) in [6, 6.07) is 11.3. The van der Waals surface area contributed by atoms with Crippen molar-refractivity contribution in [2.75, 3.05) is 24.2 Å². The summed E-state index contributed by atoms with van der Waals surface area (Å²) in [5, 5.41) is 16.6. The van der Waals surface area contributed by atoms with Gasteiger partial charge in [0.15, 0.2) is 0 Å². The van der Waals surface area contributed by atoms with Crippen LogP contribution < -0.4 is 10.6 Å². The molecule has 27 heavy (non-hydrogen) atoms. The van der Waals surface area contributed by atoms with Gasteiger partial charge >= 0.3 is 0 Å². The number of nitrogens with zero attached hydrogens (tertiary/aromatic N) is 2. The number of nitro groups is 1. The van der Waals surface area contributed by atoms with Crippen molar-refractivity contribution in [2.45, 2.75) is 19.4 Å². The standard InChI is InChI=1S/C19H20N4O4/c1-20-17-8-7-15(23(26)27)11-16(17)19(25)21-14-5-2-4-13(10-14)12-22-9-3-6-18(22)24/h2,4-5,7-8,10-11,20H,3,6,9,12H2,1H3,(H,21,25). The first-order chi connectivity index (χ1) is 13.0. The molecule has 2 amide bonds. The molecule has 1 heterocycles. The van der Waals surface area contributed by atoms with Gasteiger partial charge in [-0.15, -0.1) is 0 Å². The average molecular weight is 368 g/mol. The van der Waals surface area contributed by atoms with Crippen LogP contribution in [0.15, 0.2) is 42.5 Å². The van der Waals surface area contributed by atoms with Crippen LogP contribution in [0.1, 0.15) is 28.8 Å². The van der Waals surface area contributed by atoms with Crippen molar-refractivity contribution in [2.24, 2.45) is 0 Å². The van der Waals surface area contributed by atoms with E-state index in [1.54, 1.807) is 30.1 Å². The fourth-order valence-electron chi connectivity index (χ4n) is 3.09. The van der Waals surface area contributed by atoms with Crippen molar-refractivity contribution in [1.82, 2.24) is 4.90 Å². The Balaban J connectivity index is 1.78. The van der Waals surface area contributed by atoms with Gasteiger partial charge < -0.3 is 15.5 Å². The van der Waals surface area contributed by atoms with E-state index in [1.807, 2.05) is 6.07 Å². The molecule has 1 aliphatic heterocycles. The number of carbonyl (C=O) groups is 2. The molecule has 3 rings (SSSR count). The fourth-order valence-corrected chi connectivity index (χ4v) is 3.09. The molecule has 8 nitrogen and oxygen atoms in total. The molecule has 8 heteroatoms. The van der Waals surface area contributed by atoms with Gasteiger partial charge in [-0.25, -0.2) is 0 Å². The lowest BCUT2D eigenvalue weighted by Crippen LogP contribution is -2.23. The third kappa shape index (κ3) is 4.22. The summed E-state index contributed by atoms with van der Waals surface area (Å²) in [7, 11) is 1.64. The minimum atomic E-state index is -0.538. The van der Waals surface area contributed by atoms with E-state index >= 15 is 0 Å². The highest BCUT2D eigenvalue weighted by atomic mass is 16.6. The summed E-state index contributed by atoms with van der Waals surface area (Å²) >= 11 is 0. The number of nitrogens with one attached hydrogen (secondary N) is 2. The Morgan fingerprint density at radius 3 is 2.74 bits per heavy atom. The topological polar surface area (TPSA) is 105 Å². The molecule has 0 spiro atoms. The summed E-state index contributed by atoms with van der Waals surface area (Å²) in [4.78, 5) is 36.7. The van der Waals surface area contributed by atoms with Gasteiger partial charge in [0.2, 0.25) is 5.91 Å². The molecule has 0 unspecified atom stereocenters. The van der Waals surface area contributed by atoms with E-state index in [4.69, 9.17) is 0 Å². The van der Waals surface area contributed by atoms with Crippen LogP contribution in [-0.4, -0.2) is 35.2 Å². The largest absolute Gasteiger partial charge is 0.387 e. The maximum absolute atomic E-state index is 12.6. The Kier molecular flexibility index (Phi) is 5.35. The van der Waals surface area contributed by atoms with E-state index in [9.17, 15) is 19.7 Å². The van der Waals surface area contributed by atoms with Crippen LogP contribution in [0.3, 0.4) is 0 Å². The Morgan fingerprint density at radius 2 is 2.07 bits per heavy atom. The molecule has 0 atom stereocenters. The van der Waals surface area contributed by atoms with Crippen molar-refractivity contribution >= 4 is 28.9 Å². The molecule has 2 N–H and O–H groups in total. The molecule has 1 fully saturated rings. The van der Waals surface area contributed by atoms with Crippen LogP contribution in [0.25, 0.3) is 0 Å². The lowest BCUT2D eigenvalue weighted by Gasteiger charge is -2.16. The molecule has 1 aliphatic rings. The zero-order chi connectivity index (χ0) is 19.4. The molecule has 0 saturated carbocycles. The number of hydrogen-bond acceptors (Lipinski definition) is 5. The molecule has 0 aromatic heterocycles. The third-order valence-electron chi connectivity index (χ3n) is 4.46. The van der Waals surface area contributed by atoms with E-state index in [0.29, 0.717) is 24.3 Å². The Bertz CT molecular complexity index is 897. The van der Waals surface area contributed by atoms with Crippen LogP contribution in [0, 0.1) is 10.1 Å². The third-order valence-corrected chi connectivity index (χ3v) is 4.46. The predicted octanol–water partition coefficient (Wildman–Crippen LogP) is 3.01. The van der Waals surface area contributed by atoms with Crippen LogP contribution in [0.4, 0.5) is 17.1 Å². The smallest absolute Gasteiger partial charge is 0.270 e. The lowest BCUT2D eigenvalue weighted by atomic mass is 10.1. The van der Waals surface area contributed by atoms with Gasteiger partial charge in [0.25, 0.3) is 11.6 Å². The molecule has 0 aliphatic carbocycles. The molecule has 0 bridgehead atoms. The van der Waals surface area contributed by atoms with E-state index in [1.165, 1.54) is 18.2 Å². The fraction of sp³-hybridized carbons (Fsp3) is 0.263. The summed E-state index contributed by atoms with van der Waals surface area (Å²) < 4.78 is 0. The van der Waals surface area contributed by atoms with Gasteiger partial charge in [0, 0.05) is 50.1 Å². The molecular formula is C19H20N4O4. The SMILES string of the molecule is CNc1ccc([N+](=O)[O-])cc1C(=O)Nc1cccc(CN2CCCC2=O)c1. The van der Waals surface area contributed by atoms with Crippen molar-refractivity contribution < 1.29 is 14.5 Å². The zero-order valence-electron chi connectivity index (χ0n) is 14.9. The van der Waals surface area contributed by atoms with Crippen molar-refractivity contribution in [3.63, 3.8) is 0 Å². The van der Waals surface area contributed by atoms with Gasteiger partial charge in [-0.2, -0.15) is 0 Å². The number of nitro benzene ring substituents is 1. The van der Waals surface area contributed by atoms with Gasteiger partial charge in [-0.05, 0) is 30.2 Å². The maximum atomic E-state index is 12.6. The number of benzene rings is 2. The quantitative estimate of drug-likeness (QED) is 0.602. The van der Waals surface area contributed by atoms with Crippen LogP contribution >= 0.6 is 0 Å². The molecule has 2 aromatic rings. The first-order valence-corrected chi connectivity index (χ1v) is 8.62. The Hall–Kier alpha value is -3.42. The monoisotopic (exact) mass is 368 g/mol. The summed E-state index contributed by atoms with van der Waals surface area (Å²) in [5.41, 5.74) is 2.01. The highest BCUT2D eigenvalue weighted by Crippen LogP contribution is 2.24. The Labute approximate surface area is 156 Å². The highest BCUT2D eigenvalue weighted by molar-refractivity contribution is 6.08. The second kappa shape index (κ2) is 7.86. The van der Waals surface area contributed by atoms with E-state index in [-0.39, 0.29) is 17.2 Å². The maximum Gasteiger partial charge on any atom is 0.270 e. The van der Waals surface area contributed by atoms with Crippen LogP contribution in [0.5, 0.6) is 0 Å². The summed E-state index contributed by atoms with van der Waals surface area (Å²) in [5.74, 6) is -0.308. The molecular weight excluding hydrogens is 348 g/mol. The van der Waals surface area contributed by atoms with E-state index < -0.39 is 10.8 Å².